The number of hydrogen-bond acceptors (Lipinski definition) is 5. The quantitative estimate of drug-likeness (QED) is 0.666. The number of pyridine rings is 1. The van der Waals surface area contributed by atoms with Gasteiger partial charge in [-0.3, -0.25) is 4.79 Å². The van der Waals surface area contributed by atoms with Crippen LogP contribution >= 0.6 is 0 Å². The second-order valence-corrected chi connectivity index (χ2v) is 7.41. The first-order valence-corrected chi connectivity index (χ1v) is 8.07. The van der Waals surface area contributed by atoms with Gasteiger partial charge in [0.2, 0.25) is 15.9 Å². The maximum Gasteiger partial charge on any atom is 0.241 e. The third-order valence-electron chi connectivity index (χ3n) is 2.71. The summed E-state index contributed by atoms with van der Waals surface area (Å²) in [4.78, 5) is 15.8. The maximum atomic E-state index is 11.6. The topological polar surface area (TPSA) is 100 Å². The Morgan fingerprint density at radius 2 is 1.90 bits per heavy atom. The summed E-state index contributed by atoms with van der Waals surface area (Å²) in [6, 6.07) is 3.05. The molecule has 3 N–H and O–H groups in total. The highest BCUT2D eigenvalue weighted by molar-refractivity contribution is 7.89. The molecule has 0 saturated carbocycles. The van der Waals surface area contributed by atoms with Crippen LogP contribution in [0.5, 0.6) is 0 Å². The molecule has 0 aromatic carbocycles. The van der Waals surface area contributed by atoms with Crippen molar-refractivity contribution in [3.63, 3.8) is 0 Å². The summed E-state index contributed by atoms with van der Waals surface area (Å²) >= 11 is 0. The van der Waals surface area contributed by atoms with Gasteiger partial charge in [0.1, 0.15) is 10.7 Å². The Morgan fingerprint density at radius 3 is 2.38 bits per heavy atom. The van der Waals surface area contributed by atoms with Crippen molar-refractivity contribution in [1.29, 1.82) is 0 Å². The molecule has 1 aromatic heterocycles. The number of aromatic nitrogens is 1. The molecule has 1 heterocycles. The normalized spacial score (nSPS) is 12.0. The minimum atomic E-state index is -3.47. The maximum absolute atomic E-state index is 11.6. The van der Waals surface area contributed by atoms with Crippen molar-refractivity contribution < 1.29 is 13.2 Å². The fraction of sp³-hybridized carbons (Fsp3) is 0.538. The summed E-state index contributed by atoms with van der Waals surface area (Å²) in [6.07, 6.45) is 1.28. The molecule has 1 aromatic rings. The van der Waals surface area contributed by atoms with E-state index in [1.807, 2.05) is 20.8 Å². The first-order chi connectivity index (χ1) is 9.66. The number of carbonyl (C=O) groups is 1. The number of nitrogens with zero attached hydrogens (tertiary/aromatic N) is 1. The zero-order chi connectivity index (χ0) is 16.1. The summed E-state index contributed by atoms with van der Waals surface area (Å²) in [7, 11) is -2.12. The van der Waals surface area contributed by atoms with E-state index in [-0.39, 0.29) is 10.8 Å². The highest BCUT2D eigenvalue weighted by atomic mass is 32.2. The fourth-order valence-corrected chi connectivity index (χ4v) is 2.07. The Balaban J connectivity index is 2.46. The molecule has 0 bridgehead atoms. The first kappa shape index (κ1) is 17.4. The van der Waals surface area contributed by atoms with E-state index < -0.39 is 15.4 Å². The minimum Gasteiger partial charge on any atom is -0.368 e. The van der Waals surface area contributed by atoms with Gasteiger partial charge in [-0.25, -0.2) is 18.1 Å². The molecule has 118 valence electrons. The average molecular weight is 314 g/mol. The highest BCUT2D eigenvalue weighted by Crippen LogP contribution is 2.12. The predicted octanol–water partition coefficient (Wildman–Crippen LogP) is 0.564. The van der Waals surface area contributed by atoms with E-state index in [0.717, 1.165) is 0 Å². The Hall–Kier alpha value is -1.67. The number of rotatable bonds is 6. The van der Waals surface area contributed by atoms with Crippen molar-refractivity contribution in [3.05, 3.63) is 18.3 Å². The third-order valence-corrected chi connectivity index (χ3v) is 4.11. The van der Waals surface area contributed by atoms with Gasteiger partial charge in [0.25, 0.3) is 0 Å². The van der Waals surface area contributed by atoms with Crippen molar-refractivity contribution in [2.24, 2.45) is 5.41 Å². The summed E-state index contributed by atoms with van der Waals surface area (Å²) in [5, 5.41) is 5.81. The number of carbonyl (C=O) groups excluding carboxylic acids is 1. The molecule has 0 aliphatic carbocycles. The van der Waals surface area contributed by atoms with Crippen LogP contribution in [0.25, 0.3) is 0 Å². The van der Waals surface area contributed by atoms with Gasteiger partial charge in [0.05, 0.1) is 0 Å². The summed E-state index contributed by atoms with van der Waals surface area (Å²) in [5.41, 5.74) is -0.415. The molecular formula is C13H22N4O3S. The molecule has 0 radical (unpaired) electrons. The van der Waals surface area contributed by atoms with Crippen LogP contribution in [0.4, 0.5) is 5.82 Å². The van der Waals surface area contributed by atoms with Crippen LogP contribution in [0.2, 0.25) is 0 Å². The molecule has 0 unspecified atom stereocenters. The lowest BCUT2D eigenvalue weighted by Crippen LogP contribution is -2.37. The summed E-state index contributed by atoms with van der Waals surface area (Å²) in [5.74, 6) is 0.530. The minimum absolute atomic E-state index is 0.0206. The monoisotopic (exact) mass is 314 g/mol. The van der Waals surface area contributed by atoms with E-state index in [1.54, 1.807) is 6.07 Å². The molecule has 8 heteroatoms. The Morgan fingerprint density at radius 1 is 1.24 bits per heavy atom. The molecule has 1 rings (SSSR count). The number of nitrogens with one attached hydrogen (secondary N) is 3. The van der Waals surface area contributed by atoms with Crippen molar-refractivity contribution in [1.82, 2.24) is 15.0 Å². The average Bonchev–Trinajstić information content (AvgIpc) is 2.42. The van der Waals surface area contributed by atoms with Crippen molar-refractivity contribution in [2.45, 2.75) is 25.7 Å². The molecule has 0 spiro atoms. The Labute approximate surface area is 125 Å². The smallest absolute Gasteiger partial charge is 0.241 e. The highest BCUT2D eigenvalue weighted by Gasteiger charge is 2.20. The number of amides is 1. The van der Waals surface area contributed by atoms with Gasteiger partial charge in [-0.2, -0.15) is 0 Å². The van der Waals surface area contributed by atoms with Gasteiger partial charge in [-0.1, -0.05) is 20.8 Å². The second kappa shape index (κ2) is 6.86. The Bertz CT molecular complexity index is 576. The second-order valence-electron chi connectivity index (χ2n) is 5.52. The molecule has 1 amide bonds. The molecule has 0 atom stereocenters. The number of sulfonamides is 1. The van der Waals surface area contributed by atoms with Gasteiger partial charge < -0.3 is 10.6 Å². The van der Waals surface area contributed by atoms with Crippen LogP contribution in [0, 0.1) is 5.41 Å². The van der Waals surface area contributed by atoms with E-state index in [4.69, 9.17) is 0 Å². The van der Waals surface area contributed by atoms with E-state index in [0.29, 0.717) is 18.9 Å². The number of anilines is 1. The van der Waals surface area contributed by atoms with Crippen LogP contribution in [0.1, 0.15) is 20.8 Å². The molecule has 0 aliphatic heterocycles. The SMILES string of the molecule is CNS(=O)(=O)c1ccc(NCCNC(=O)C(C)(C)C)nc1. The number of hydrogen-bond donors (Lipinski definition) is 3. The van der Waals surface area contributed by atoms with Crippen molar-refractivity contribution in [2.75, 3.05) is 25.5 Å². The largest absolute Gasteiger partial charge is 0.368 e. The van der Waals surface area contributed by atoms with Gasteiger partial charge >= 0.3 is 0 Å². The van der Waals surface area contributed by atoms with Gasteiger partial charge in [0, 0.05) is 24.7 Å². The van der Waals surface area contributed by atoms with E-state index in [1.165, 1.54) is 19.3 Å². The zero-order valence-corrected chi connectivity index (χ0v) is 13.5. The molecule has 0 saturated heterocycles. The molecule has 21 heavy (non-hydrogen) atoms. The molecule has 0 fully saturated rings. The van der Waals surface area contributed by atoms with Gasteiger partial charge in [-0.05, 0) is 19.2 Å². The third kappa shape index (κ3) is 5.31. The van der Waals surface area contributed by atoms with Crippen LogP contribution < -0.4 is 15.4 Å². The van der Waals surface area contributed by atoms with E-state index in [2.05, 4.69) is 20.3 Å². The van der Waals surface area contributed by atoms with Gasteiger partial charge in [-0.15, -0.1) is 0 Å². The van der Waals surface area contributed by atoms with E-state index >= 15 is 0 Å². The molecular weight excluding hydrogens is 292 g/mol. The molecule has 7 nitrogen and oxygen atoms in total. The summed E-state index contributed by atoms with van der Waals surface area (Å²) < 4.78 is 25.3. The fourth-order valence-electron chi connectivity index (χ4n) is 1.39. The lowest BCUT2D eigenvalue weighted by atomic mass is 9.96. The summed E-state index contributed by atoms with van der Waals surface area (Å²) in [6.45, 7) is 6.51. The van der Waals surface area contributed by atoms with Crippen molar-refractivity contribution >= 4 is 21.7 Å². The standard InChI is InChI=1S/C13H22N4O3S/c1-13(2,3)12(18)16-8-7-15-11-6-5-10(9-17-11)21(19,20)14-4/h5-6,9,14H,7-8H2,1-4H3,(H,15,17)(H,16,18). The van der Waals surface area contributed by atoms with Crippen LogP contribution in [0.15, 0.2) is 23.2 Å². The lowest BCUT2D eigenvalue weighted by Gasteiger charge is -2.17. The predicted molar refractivity (Wildman–Crippen MR) is 81.4 cm³/mol. The van der Waals surface area contributed by atoms with Crippen LogP contribution in [0.3, 0.4) is 0 Å². The zero-order valence-electron chi connectivity index (χ0n) is 12.7. The Kier molecular flexibility index (Phi) is 5.68. The van der Waals surface area contributed by atoms with E-state index in [9.17, 15) is 13.2 Å². The van der Waals surface area contributed by atoms with Crippen LogP contribution in [-0.2, 0) is 14.8 Å². The first-order valence-electron chi connectivity index (χ1n) is 6.58. The molecule has 0 aliphatic rings. The lowest BCUT2D eigenvalue weighted by molar-refractivity contribution is -0.128. The van der Waals surface area contributed by atoms with Crippen LogP contribution in [-0.4, -0.2) is 39.4 Å². The van der Waals surface area contributed by atoms with Crippen molar-refractivity contribution in [3.8, 4) is 0 Å². The van der Waals surface area contributed by atoms with Gasteiger partial charge in [0.15, 0.2) is 0 Å².